The van der Waals surface area contributed by atoms with Gasteiger partial charge in [0, 0.05) is 5.56 Å². The Balaban J connectivity index is 2.66. The first kappa shape index (κ1) is 18.2. The fraction of sp³-hybridized carbons (Fsp3) is 0.125. The van der Waals surface area contributed by atoms with E-state index in [2.05, 4.69) is 10.3 Å². The maximum atomic E-state index is 13.5. The molecular formula is C16H11ClF3N3S. The molecule has 24 heavy (non-hydrogen) atoms. The van der Waals surface area contributed by atoms with E-state index in [9.17, 15) is 13.2 Å². The third-order valence-corrected chi connectivity index (χ3v) is 3.91. The lowest BCUT2D eigenvalue weighted by Gasteiger charge is -2.16. The summed E-state index contributed by atoms with van der Waals surface area (Å²) in [4.78, 5) is 4.00. The first-order chi connectivity index (χ1) is 11.4. The number of nitriles is 1. The molecule has 0 heterocycles. The lowest BCUT2D eigenvalue weighted by molar-refractivity contribution is -0.137. The number of amidine groups is 1. The number of nitrogens with zero attached hydrogens (tertiary/aromatic N) is 2. The average Bonchev–Trinajstić information content (AvgIpc) is 2.54. The van der Waals surface area contributed by atoms with Gasteiger partial charge in [-0.2, -0.15) is 18.4 Å². The Morgan fingerprint density at radius 3 is 2.46 bits per heavy atom. The minimum absolute atomic E-state index is 0.0131. The number of hydrogen-bond acceptors (Lipinski definition) is 3. The molecule has 0 unspecified atom stereocenters. The second-order valence-corrected chi connectivity index (χ2v) is 5.77. The molecular weight excluding hydrogens is 359 g/mol. The lowest BCUT2D eigenvalue weighted by atomic mass is 9.98. The van der Waals surface area contributed by atoms with Crippen molar-refractivity contribution in [2.45, 2.75) is 6.18 Å². The number of hydrogen-bond donors (Lipinski definition) is 1. The molecule has 0 saturated heterocycles. The van der Waals surface area contributed by atoms with Crippen molar-refractivity contribution in [2.75, 3.05) is 6.26 Å². The van der Waals surface area contributed by atoms with Crippen molar-refractivity contribution in [2.24, 2.45) is 4.99 Å². The van der Waals surface area contributed by atoms with E-state index in [0.717, 1.165) is 17.8 Å². The van der Waals surface area contributed by atoms with Crippen LogP contribution in [0.5, 0.6) is 0 Å². The molecule has 0 spiro atoms. The van der Waals surface area contributed by atoms with E-state index in [-0.39, 0.29) is 21.4 Å². The zero-order valence-electron chi connectivity index (χ0n) is 12.4. The van der Waals surface area contributed by atoms with Crippen molar-refractivity contribution in [1.29, 1.82) is 5.26 Å². The van der Waals surface area contributed by atoms with Crippen LogP contribution in [0.25, 0.3) is 11.1 Å². The van der Waals surface area contributed by atoms with Gasteiger partial charge in [0.15, 0.2) is 11.4 Å². The Morgan fingerprint density at radius 1 is 1.25 bits per heavy atom. The highest BCUT2D eigenvalue weighted by molar-refractivity contribution is 8.13. The maximum absolute atomic E-state index is 13.5. The molecule has 124 valence electrons. The minimum Gasteiger partial charge on any atom is -0.271 e. The van der Waals surface area contributed by atoms with Crippen LogP contribution < -0.4 is 5.32 Å². The molecule has 2 aromatic rings. The molecule has 2 aromatic carbocycles. The largest absolute Gasteiger partial charge is 0.417 e. The number of aliphatic imine (C=N–C) groups is 1. The Bertz CT molecular complexity index is 799. The first-order valence-electron chi connectivity index (χ1n) is 6.60. The maximum Gasteiger partial charge on any atom is 0.417 e. The van der Waals surface area contributed by atoms with E-state index in [1.807, 2.05) is 0 Å². The lowest BCUT2D eigenvalue weighted by Crippen LogP contribution is -2.12. The highest BCUT2D eigenvalue weighted by Gasteiger charge is 2.35. The first-order valence-corrected chi connectivity index (χ1v) is 8.21. The zero-order valence-corrected chi connectivity index (χ0v) is 13.9. The van der Waals surface area contributed by atoms with Gasteiger partial charge in [0.05, 0.1) is 16.3 Å². The van der Waals surface area contributed by atoms with E-state index in [1.165, 1.54) is 6.07 Å². The van der Waals surface area contributed by atoms with Crippen LogP contribution in [0.2, 0.25) is 5.02 Å². The van der Waals surface area contributed by atoms with E-state index in [4.69, 9.17) is 16.9 Å². The highest BCUT2D eigenvalue weighted by Crippen LogP contribution is 2.43. The third kappa shape index (κ3) is 4.22. The summed E-state index contributed by atoms with van der Waals surface area (Å²) < 4.78 is 40.4. The predicted octanol–water partition coefficient (Wildman–Crippen LogP) is 5.45. The van der Waals surface area contributed by atoms with Gasteiger partial charge in [0.2, 0.25) is 0 Å². The summed E-state index contributed by atoms with van der Waals surface area (Å²) >= 11 is 7.22. The average molecular weight is 370 g/mol. The van der Waals surface area contributed by atoms with Crippen molar-refractivity contribution in [3.8, 4) is 17.3 Å². The van der Waals surface area contributed by atoms with Gasteiger partial charge in [-0.1, -0.05) is 53.7 Å². The molecule has 0 bridgehead atoms. The number of halogens is 4. The van der Waals surface area contributed by atoms with Crippen LogP contribution in [-0.2, 0) is 6.18 Å². The van der Waals surface area contributed by atoms with E-state index in [0.29, 0.717) is 5.56 Å². The number of rotatable bonds is 2. The molecule has 3 nitrogen and oxygen atoms in total. The van der Waals surface area contributed by atoms with Gasteiger partial charge in [-0.15, -0.1) is 0 Å². The molecule has 1 N–H and O–H groups in total. The number of alkyl halides is 3. The van der Waals surface area contributed by atoms with Gasteiger partial charge in [0.1, 0.15) is 0 Å². The standard InChI is InChI=1S/C16H11ClF3N3S/c1-24-15(22-9-21)23-11-7-12(16(18,19)20)14(13(17)8-11)10-5-3-2-4-6-10/h2-8H,1H3,(H,22,23). The second-order valence-electron chi connectivity index (χ2n) is 4.57. The monoisotopic (exact) mass is 369 g/mol. The van der Waals surface area contributed by atoms with Crippen LogP contribution in [-0.4, -0.2) is 11.4 Å². The number of nitrogens with one attached hydrogen (secondary N) is 1. The van der Waals surface area contributed by atoms with Gasteiger partial charge < -0.3 is 0 Å². The molecule has 0 aliphatic heterocycles. The molecule has 0 saturated carbocycles. The van der Waals surface area contributed by atoms with Gasteiger partial charge in [-0.3, -0.25) is 5.32 Å². The second kappa shape index (κ2) is 7.60. The van der Waals surface area contributed by atoms with E-state index in [1.54, 1.807) is 42.8 Å². The molecule has 0 aromatic heterocycles. The minimum atomic E-state index is -4.59. The topological polar surface area (TPSA) is 48.2 Å². The molecule has 0 radical (unpaired) electrons. The molecule has 0 amide bonds. The van der Waals surface area contributed by atoms with Crippen LogP contribution in [0, 0.1) is 11.5 Å². The zero-order chi connectivity index (χ0) is 17.7. The van der Waals surface area contributed by atoms with Gasteiger partial charge in [-0.05, 0) is 24.0 Å². The third-order valence-electron chi connectivity index (χ3n) is 3.03. The van der Waals surface area contributed by atoms with Crippen LogP contribution in [0.4, 0.5) is 18.9 Å². The predicted molar refractivity (Wildman–Crippen MR) is 91.2 cm³/mol. The summed E-state index contributed by atoms with van der Waals surface area (Å²) in [7, 11) is 0. The summed E-state index contributed by atoms with van der Waals surface area (Å²) in [6.07, 6.45) is -1.27. The van der Waals surface area contributed by atoms with E-state index < -0.39 is 11.7 Å². The summed E-state index contributed by atoms with van der Waals surface area (Å²) in [5.74, 6) is 0. The van der Waals surface area contributed by atoms with Crippen molar-refractivity contribution in [3.05, 3.63) is 53.1 Å². The molecule has 0 fully saturated rings. The van der Waals surface area contributed by atoms with Gasteiger partial charge in [-0.25, -0.2) is 4.99 Å². The summed E-state index contributed by atoms with van der Waals surface area (Å²) in [6, 6.07) is 10.4. The normalized spacial score (nSPS) is 11.9. The molecule has 2 rings (SSSR count). The highest BCUT2D eigenvalue weighted by atomic mass is 35.5. The molecule has 0 aliphatic rings. The van der Waals surface area contributed by atoms with Crippen LogP contribution in [0.1, 0.15) is 5.56 Å². The molecule has 8 heteroatoms. The number of thioether (sulfide) groups is 1. The summed E-state index contributed by atoms with van der Waals surface area (Å²) in [6.45, 7) is 0. The van der Waals surface area contributed by atoms with Gasteiger partial charge >= 0.3 is 6.18 Å². The molecule has 0 atom stereocenters. The van der Waals surface area contributed by atoms with Crippen LogP contribution in [0.3, 0.4) is 0 Å². The summed E-state index contributed by atoms with van der Waals surface area (Å²) in [5.41, 5.74) is -0.593. The smallest absolute Gasteiger partial charge is 0.271 e. The van der Waals surface area contributed by atoms with Crippen LogP contribution in [0.15, 0.2) is 47.5 Å². The SMILES string of the molecule is CSC(=Nc1cc(Cl)c(-c2ccccc2)c(C(F)(F)F)c1)NC#N. The quantitative estimate of drug-likeness (QED) is 0.331. The van der Waals surface area contributed by atoms with Crippen molar-refractivity contribution in [1.82, 2.24) is 5.32 Å². The summed E-state index contributed by atoms with van der Waals surface area (Å²) in [5, 5.41) is 11.0. The Morgan fingerprint density at radius 2 is 1.92 bits per heavy atom. The Kier molecular flexibility index (Phi) is 5.75. The fourth-order valence-corrected chi connectivity index (χ4v) is 2.74. The molecule has 0 aliphatic carbocycles. The Labute approximate surface area is 146 Å². The van der Waals surface area contributed by atoms with Crippen molar-refractivity contribution in [3.63, 3.8) is 0 Å². The van der Waals surface area contributed by atoms with Crippen molar-refractivity contribution >= 4 is 34.2 Å². The van der Waals surface area contributed by atoms with Crippen molar-refractivity contribution < 1.29 is 13.2 Å². The Hall–Kier alpha value is -2.17. The van der Waals surface area contributed by atoms with E-state index >= 15 is 0 Å². The van der Waals surface area contributed by atoms with Crippen LogP contribution >= 0.6 is 23.4 Å². The fourth-order valence-electron chi connectivity index (χ4n) is 2.07. The van der Waals surface area contributed by atoms with Gasteiger partial charge in [0.25, 0.3) is 0 Å². The number of benzene rings is 2.